The Kier molecular flexibility index (Phi) is 4.26. The average molecular weight is 257 g/mol. The second-order valence-corrected chi connectivity index (χ2v) is 4.50. The van der Waals surface area contributed by atoms with E-state index >= 15 is 0 Å². The van der Waals surface area contributed by atoms with Gasteiger partial charge < -0.3 is 0 Å². The topological polar surface area (TPSA) is 82.0 Å². The smallest absolute Gasteiger partial charge is 0.243 e. The summed E-state index contributed by atoms with van der Waals surface area (Å²) in [7, 11) is 0. The van der Waals surface area contributed by atoms with Crippen LogP contribution >= 0.6 is 0 Å². The van der Waals surface area contributed by atoms with Crippen molar-refractivity contribution in [1.82, 2.24) is 10.6 Å². The molecule has 2 atom stereocenters. The Morgan fingerprint density at radius 3 is 2.74 bits per heavy atom. The number of imide groups is 1. The highest BCUT2D eigenvalue weighted by molar-refractivity contribution is 6.00. The average Bonchev–Trinajstić information content (AvgIpc) is 2.42. The SMILES string of the molecule is N#CCC(NC1CCC(=O)NC1=O)c1ccccc1. The van der Waals surface area contributed by atoms with Gasteiger partial charge in [0, 0.05) is 12.5 Å². The number of carbonyl (C=O) groups is 2. The second kappa shape index (κ2) is 6.12. The predicted octanol–water partition coefficient (Wildman–Crippen LogP) is 1.04. The highest BCUT2D eigenvalue weighted by Gasteiger charge is 2.28. The summed E-state index contributed by atoms with van der Waals surface area (Å²) in [5.41, 5.74) is 0.966. The first-order valence-electron chi connectivity index (χ1n) is 6.22. The molecule has 19 heavy (non-hydrogen) atoms. The summed E-state index contributed by atoms with van der Waals surface area (Å²) in [6, 6.07) is 11.0. The van der Waals surface area contributed by atoms with Gasteiger partial charge in [-0.3, -0.25) is 20.2 Å². The molecule has 2 N–H and O–H groups in total. The van der Waals surface area contributed by atoms with Crippen LogP contribution in [0.4, 0.5) is 0 Å². The first kappa shape index (κ1) is 13.2. The first-order chi connectivity index (χ1) is 9.20. The molecule has 1 aromatic carbocycles. The minimum absolute atomic E-state index is 0.199. The lowest BCUT2D eigenvalue weighted by Gasteiger charge is -2.26. The molecule has 2 amide bonds. The third-order valence-electron chi connectivity index (χ3n) is 3.14. The first-order valence-corrected chi connectivity index (χ1v) is 6.22. The van der Waals surface area contributed by atoms with Crippen LogP contribution in [0.25, 0.3) is 0 Å². The fraction of sp³-hybridized carbons (Fsp3) is 0.357. The lowest BCUT2D eigenvalue weighted by atomic mass is 10.00. The summed E-state index contributed by atoms with van der Waals surface area (Å²) in [6.07, 6.45) is 1.08. The van der Waals surface area contributed by atoms with E-state index in [4.69, 9.17) is 5.26 Å². The maximum atomic E-state index is 11.7. The van der Waals surface area contributed by atoms with Gasteiger partial charge in [0.2, 0.25) is 11.8 Å². The monoisotopic (exact) mass is 257 g/mol. The van der Waals surface area contributed by atoms with E-state index in [0.717, 1.165) is 5.56 Å². The minimum atomic E-state index is -0.420. The summed E-state index contributed by atoms with van der Waals surface area (Å²) in [6.45, 7) is 0. The molecular formula is C14H15N3O2. The van der Waals surface area contributed by atoms with Crippen molar-refractivity contribution in [2.45, 2.75) is 31.3 Å². The number of nitrogens with zero attached hydrogens (tertiary/aromatic N) is 1. The zero-order chi connectivity index (χ0) is 13.7. The summed E-state index contributed by atoms with van der Waals surface area (Å²) >= 11 is 0. The minimum Gasteiger partial charge on any atom is -0.298 e. The van der Waals surface area contributed by atoms with Crippen LogP contribution < -0.4 is 10.6 Å². The van der Waals surface area contributed by atoms with E-state index in [-0.39, 0.29) is 24.3 Å². The van der Waals surface area contributed by atoms with Gasteiger partial charge in [-0.2, -0.15) is 5.26 Å². The number of amides is 2. The molecule has 1 aliphatic heterocycles. The number of nitrogens with one attached hydrogen (secondary N) is 2. The van der Waals surface area contributed by atoms with Crippen molar-refractivity contribution in [3.05, 3.63) is 35.9 Å². The molecule has 5 heteroatoms. The summed E-state index contributed by atoms with van der Waals surface area (Å²) in [4.78, 5) is 22.8. The van der Waals surface area contributed by atoms with E-state index in [1.165, 1.54) is 0 Å². The summed E-state index contributed by atoms with van der Waals surface area (Å²) in [5.74, 6) is -0.547. The molecule has 1 aromatic rings. The van der Waals surface area contributed by atoms with Crippen LogP contribution in [0, 0.1) is 11.3 Å². The van der Waals surface area contributed by atoms with Gasteiger partial charge in [-0.15, -0.1) is 0 Å². The quantitative estimate of drug-likeness (QED) is 0.789. The zero-order valence-electron chi connectivity index (χ0n) is 10.4. The van der Waals surface area contributed by atoms with Gasteiger partial charge in [-0.25, -0.2) is 0 Å². The molecule has 0 aromatic heterocycles. The molecule has 2 unspecified atom stereocenters. The highest BCUT2D eigenvalue weighted by atomic mass is 16.2. The number of hydrogen-bond acceptors (Lipinski definition) is 4. The molecule has 0 bridgehead atoms. The molecule has 0 radical (unpaired) electrons. The predicted molar refractivity (Wildman–Crippen MR) is 68.7 cm³/mol. The highest BCUT2D eigenvalue weighted by Crippen LogP contribution is 2.18. The van der Waals surface area contributed by atoms with Crippen LogP contribution in [0.1, 0.15) is 30.9 Å². The molecule has 1 fully saturated rings. The molecule has 0 saturated carbocycles. The van der Waals surface area contributed by atoms with E-state index in [1.54, 1.807) is 0 Å². The maximum absolute atomic E-state index is 11.7. The third kappa shape index (κ3) is 3.39. The molecular weight excluding hydrogens is 242 g/mol. The van der Waals surface area contributed by atoms with Gasteiger partial charge >= 0.3 is 0 Å². The Hall–Kier alpha value is -2.19. The standard InChI is InChI=1S/C14H15N3O2/c15-9-8-11(10-4-2-1-3-5-10)16-12-6-7-13(18)17-14(12)19/h1-5,11-12,16H,6-8H2,(H,17,18,19). The lowest BCUT2D eigenvalue weighted by Crippen LogP contribution is -2.51. The third-order valence-corrected chi connectivity index (χ3v) is 3.14. The zero-order valence-corrected chi connectivity index (χ0v) is 10.4. The largest absolute Gasteiger partial charge is 0.298 e. The maximum Gasteiger partial charge on any atom is 0.243 e. The van der Waals surface area contributed by atoms with Crippen LogP contribution in [0.3, 0.4) is 0 Å². The molecule has 98 valence electrons. The van der Waals surface area contributed by atoms with Crippen LogP contribution in [-0.4, -0.2) is 17.9 Å². The number of benzene rings is 1. The molecule has 2 rings (SSSR count). The molecule has 1 saturated heterocycles. The van der Waals surface area contributed by atoms with Crippen molar-refractivity contribution in [3.63, 3.8) is 0 Å². The van der Waals surface area contributed by atoms with Gasteiger partial charge in [0.05, 0.1) is 18.5 Å². The van der Waals surface area contributed by atoms with Crippen LogP contribution in [0.5, 0.6) is 0 Å². The van der Waals surface area contributed by atoms with Crippen molar-refractivity contribution in [2.24, 2.45) is 0 Å². The van der Waals surface area contributed by atoms with Crippen LogP contribution in [0.15, 0.2) is 30.3 Å². The van der Waals surface area contributed by atoms with Crippen molar-refractivity contribution in [3.8, 4) is 6.07 Å². The number of rotatable bonds is 4. The Labute approximate surface area is 111 Å². The summed E-state index contributed by atoms with van der Waals surface area (Å²) in [5, 5.41) is 14.4. The van der Waals surface area contributed by atoms with Crippen molar-refractivity contribution < 1.29 is 9.59 Å². The van der Waals surface area contributed by atoms with E-state index in [2.05, 4.69) is 16.7 Å². The Balaban J connectivity index is 2.07. The fourth-order valence-electron chi connectivity index (χ4n) is 2.15. The number of nitriles is 1. The van der Waals surface area contributed by atoms with Crippen molar-refractivity contribution in [2.75, 3.05) is 0 Å². The van der Waals surface area contributed by atoms with Crippen LogP contribution in [-0.2, 0) is 9.59 Å². The Morgan fingerprint density at radius 2 is 2.11 bits per heavy atom. The van der Waals surface area contributed by atoms with Gasteiger partial charge in [0.1, 0.15) is 0 Å². The molecule has 0 spiro atoms. The van der Waals surface area contributed by atoms with Crippen LogP contribution in [0.2, 0.25) is 0 Å². The molecule has 1 aliphatic rings. The normalized spacial score (nSPS) is 20.5. The van der Waals surface area contributed by atoms with E-state index in [9.17, 15) is 9.59 Å². The summed E-state index contributed by atoms with van der Waals surface area (Å²) < 4.78 is 0. The fourth-order valence-corrected chi connectivity index (χ4v) is 2.15. The van der Waals surface area contributed by atoms with Gasteiger partial charge in [0.25, 0.3) is 0 Å². The number of piperidine rings is 1. The van der Waals surface area contributed by atoms with E-state index in [0.29, 0.717) is 12.8 Å². The molecule has 5 nitrogen and oxygen atoms in total. The van der Waals surface area contributed by atoms with Gasteiger partial charge in [0.15, 0.2) is 0 Å². The van der Waals surface area contributed by atoms with Crippen molar-refractivity contribution >= 4 is 11.8 Å². The van der Waals surface area contributed by atoms with Gasteiger partial charge in [-0.1, -0.05) is 30.3 Å². The molecule has 1 heterocycles. The van der Waals surface area contributed by atoms with E-state index < -0.39 is 6.04 Å². The van der Waals surface area contributed by atoms with E-state index in [1.807, 2.05) is 30.3 Å². The number of carbonyl (C=O) groups excluding carboxylic acids is 2. The molecule has 0 aliphatic carbocycles. The van der Waals surface area contributed by atoms with Crippen molar-refractivity contribution in [1.29, 1.82) is 5.26 Å². The lowest BCUT2D eigenvalue weighted by molar-refractivity contribution is -0.134. The number of hydrogen-bond donors (Lipinski definition) is 2. The Bertz CT molecular complexity index is 507. The van der Waals surface area contributed by atoms with Gasteiger partial charge in [-0.05, 0) is 12.0 Å². The Morgan fingerprint density at radius 1 is 1.37 bits per heavy atom. The second-order valence-electron chi connectivity index (χ2n) is 4.50.